The average molecular weight is 348 g/mol. The molecule has 4 aliphatic rings. The van der Waals surface area contributed by atoms with E-state index in [1.807, 2.05) is 0 Å². The highest BCUT2D eigenvalue weighted by molar-refractivity contribution is 5.85. The van der Waals surface area contributed by atoms with E-state index in [0.29, 0.717) is 44.1 Å². The number of nitrogens with zero attached hydrogens (tertiary/aromatic N) is 3. The average Bonchev–Trinajstić information content (AvgIpc) is 3.55. The Morgan fingerprint density at radius 2 is 1.96 bits per heavy atom. The number of carbonyl (C=O) groups excluding carboxylic acids is 1. The number of hydrogen-bond donors (Lipinski definition) is 1. The van der Waals surface area contributed by atoms with E-state index in [2.05, 4.69) is 10.2 Å². The van der Waals surface area contributed by atoms with Gasteiger partial charge in [0.2, 0.25) is 0 Å². The standard InChI is InChI=1S/C18H25FN4O2/c19-18(5-7-25-8-6-18)17(24)23-9-13(11-1-2-11)14(10-23)16-20-15(21-22-16)12-3-4-12/h11-14H,1-10H2,(H,20,21,22)/t13-,14+/m1/s1. The summed E-state index contributed by atoms with van der Waals surface area (Å²) in [6, 6.07) is 0. The Hall–Kier alpha value is -1.50. The lowest BCUT2D eigenvalue weighted by atomic mass is 9.91. The lowest BCUT2D eigenvalue weighted by Gasteiger charge is -2.32. The van der Waals surface area contributed by atoms with Crippen molar-refractivity contribution in [3.05, 3.63) is 11.6 Å². The van der Waals surface area contributed by atoms with Crippen molar-refractivity contribution in [1.29, 1.82) is 0 Å². The second-order valence-corrected chi connectivity index (χ2v) is 8.25. The fourth-order valence-corrected chi connectivity index (χ4v) is 4.46. The Morgan fingerprint density at radius 1 is 1.20 bits per heavy atom. The molecule has 3 heterocycles. The molecule has 0 unspecified atom stereocenters. The van der Waals surface area contributed by atoms with Crippen molar-refractivity contribution in [2.45, 2.75) is 56.0 Å². The molecule has 6 nitrogen and oxygen atoms in total. The molecule has 2 saturated carbocycles. The van der Waals surface area contributed by atoms with Gasteiger partial charge in [-0.25, -0.2) is 9.37 Å². The van der Waals surface area contributed by atoms with Crippen LogP contribution in [0.4, 0.5) is 4.39 Å². The quantitative estimate of drug-likeness (QED) is 0.905. The molecule has 0 radical (unpaired) electrons. The van der Waals surface area contributed by atoms with Crippen molar-refractivity contribution in [3.63, 3.8) is 0 Å². The molecule has 1 aromatic heterocycles. The van der Waals surface area contributed by atoms with Crippen molar-refractivity contribution >= 4 is 5.91 Å². The van der Waals surface area contributed by atoms with Crippen LogP contribution in [0.3, 0.4) is 0 Å². The van der Waals surface area contributed by atoms with Crippen LogP contribution in [-0.4, -0.2) is 58.0 Å². The predicted molar refractivity (Wildman–Crippen MR) is 87.8 cm³/mol. The van der Waals surface area contributed by atoms with Crippen molar-refractivity contribution in [1.82, 2.24) is 20.1 Å². The summed E-state index contributed by atoms with van der Waals surface area (Å²) in [4.78, 5) is 19.3. The molecule has 0 spiro atoms. The largest absolute Gasteiger partial charge is 0.381 e. The van der Waals surface area contributed by atoms with Crippen LogP contribution in [0.25, 0.3) is 0 Å². The first-order valence-corrected chi connectivity index (χ1v) is 9.62. The molecule has 1 amide bonds. The number of H-pyrrole nitrogens is 1. The van der Waals surface area contributed by atoms with E-state index >= 15 is 4.39 Å². The first-order valence-electron chi connectivity index (χ1n) is 9.62. The van der Waals surface area contributed by atoms with E-state index in [1.54, 1.807) is 4.90 Å². The number of carbonyl (C=O) groups is 1. The molecule has 0 bridgehead atoms. The number of rotatable bonds is 4. The highest BCUT2D eigenvalue weighted by Crippen LogP contribution is 2.48. The van der Waals surface area contributed by atoms with E-state index in [9.17, 15) is 4.79 Å². The van der Waals surface area contributed by atoms with Gasteiger partial charge in [-0.1, -0.05) is 0 Å². The van der Waals surface area contributed by atoms with Gasteiger partial charge in [0.05, 0.1) is 13.2 Å². The summed E-state index contributed by atoms with van der Waals surface area (Å²) < 4.78 is 20.3. The Bertz CT molecular complexity index is 664. The number of halogens is 1. The number of aromatic nitrogens is 3. The van der Waals surface area contributed by atoms with Crippen LogP contribution >= 0.6 is 0 Å². The minimum atomic E-state index is -1.75. The lowest BCUT2D eigenvalue weighted by Crippen LogP contribution is -2.48. The molecule has 2 saturated heterocycles. The third-order valence-corrected chi connectivity index (χ3v) is 6.36. The van der Waals surface area contributed by atoms with Gasteiger partial charge in [0.15, 0.2) is 11.5 Å². The van der Waals surface area contributed by atoms with Crippen molar-refractivity contribution in [3.8, 4) is 0 Å². The Labute approximate surface area is 146 Å². The molecular formula is C18H25FN4O2. The van der Waals surface area contributed by atoms with Crippen molar-refractivity contribution in [2.24, 2.45) is 11.8 Å². The number of ether oxygens (including phenoxy) is 1. The normalized spacial score (nSPS) is 32.1. The van der Waals surface area contributed by atoms with Crippen LogP contribution < -0.4 is 0 Å². The van der Waals surface area contributed by atoms with Gasteiger partial charge in [-0.15, -0.1) is 0 Å². The molecule has 25 heavy (non-hydrogen) atoms. The highest BCUT2D eigenvalue weighted by Gasteiger charge is 2.50. The molecule has 1 aromatic rings. The maximum atomic E-state index is 15.1. The van der Waals surface area contributed by atoms with Crippen LogP contribution in [0.15, 0.2) is 0 Å². The molecule has 2 atom stereocenters. The number of likely N-dealkylation sites (tertiary alicyclic amines) is 1. The van der Waals surface area contributed by atoms with E-state index in [0.717, 1.165) is 11.6 Å². The smallest absolute Gasteiger partial charge is 0.260 e. The minimum Gasteiger partial charge on any atom is -0.381 e. The number of alkyl halides is 1. The van der Waals surface area contributed by atoms with Crippen LogP contribution in [0, 0.1) is 11.8 Å². The summed E-state index contributed by atoms with van der Waals surface area (Å²) in [6.45, 7) is 1.88. The van der Waals surface area contributed by atoms with Crippen molar-refractivity contribution < 1.29 is 13.9 Å². The molecule has 136 valence electrons. The Balaban J connectivity index is 1.35. The van der Waals surface area contributed by atoms with Crippen molar-refractivity contribution in [2.75, 3.05) is 26.3 Å². The monoisotopic (exact) mass is 348 g/mol. The molecule has 4 fully saturated rings. The van der Waals surface area contributed by atoms with Crippen LogP contribution in [0.5, 0.6) is 0 Å². The summed E-state index contributed by atoms with van der Waals surface area (Å²) in [6.07, 6.45) is 5.11. The van der Waals surface area contributed by atoms with Gasteiger partial charge in [-0.2, -0.15) is 5.10 Å². The van der Waals surface area contributed by atoms with Crippen LogP contribution in [0.1, 0.15) is 62.0 Å². The molecule has 2 aliphatic heterocycles. The summed E-state index contributed by atoms with van der Waals surface area (Å²) in [7, 11) is 0. The fourth-order valence-electron chi connectivity index (χ4n) is 4.46. The zero-order chi connectivity index (χ0) is 17.0. The van der Waals surface area contributed by atoms with Crippen LogP contribution in [0.2, 0.25) is 0 Å². The topological polar surface area (TPSA) is 71.1 Å². The number of aromatic amines is 1. The first-order chi connectivity index (χ1) is 12.1. The zero-order valence-electron chi connectivity index (χ0n) is 14.4. The summed E-state index contributed by atoms with van der Waals surface area (Å²) in [5, 5.41) is 7.50. The maximum Gasteiger partial charge on any atom is 0.260 e. The van der Waals surface area contributed by atoms with Gasteiger partial charge in [0.1, 0.15) is 5.82 Å². The van der Waals surface area contributed by atoms with Gasteiger partial charge in [0, 0.05) is 37.8 Å². The van der Waals surface area contributed by atoms with Gasteiger partial charge in [-0.05, 0) is 37.5 Å². The third kappa shape index (κ3) is 2.86. The molecule has 0 aromatic carbocycles. The van der Waals surface area contributed by atoms with E-state index in [-0.39, 0.29) is 24.7 Å². The summed E-state index contributed by atoms with van der Waals surface area (Å²) >= 11 is 0. The lowest BCUT2D eigenvalue weighted by molar-refractivity contribution is -0.149. The highest BCUT2D eigenvalue weighted by atomic mass is 19.1. The SMILES string of the molecule is O=C(N1C[C@H](c2nc(C3CC3)n[nH]2)[C@@H](C2CC2)C1)C1(F)CCOCC1. The first kappa shape index (κ1) is 15.7. The number of nitrogens with one attached hydrogen (secondary N) is 1. The summed E-state index contributed by atoms with van der Waals surface area (Å²) in [5.41, 5.74) is -1.75. The molecule has 7 heteroatoms. The Kier molecular flexibility index (Phi) is 3.62. The van der Waals surface area contributed by atoms with E-state index in [1.165, 1.54) is 25.7 Å². The zero-order valence-corrected chi connectivity index (χ0v) is 14.4. The molecule has 1 N–H and O–H groups in total. The number of hydrogen-bond acceptors (Lipinski definition) is 4. The number of amides is 1. The van der Waals surface area contributed by atoms with E-state index < -0.39 is 5.67 Å². The minimum absolute atomic E-state index is 0.167. The van der Waals surface area contributed by atoms with Gasteiger partial charge >= 0.3 is 0 Å². The second-order valence-electron chi connectivity index (χ2n) is 8.25. The molecular weight excluding hydrogens is 323 g/mol. The second kappa shape index (κ2) is 5.76. The van der Waals surface area contributed by atoms with E-state index in [4.69, 9.17) is 9.72 Å². The maximum absolute atomic E-state index is 15.1. The van der Waals surface area contributed by atoms with Gasteiger partial charge in [0.25, 0.3) is 5.91 Å². The molecule has 5 rings (SSSR count). The third-order valence-electron chi connectivity index (χ3n) is 6.36. The predicted octanol–water partition coefficient (Wildman–Crippen LogP) is 2.15. The Morgan fingerprint density at radius 3 is 2.64 bits per heavy atom. The van der Waals surface area contributed by atoms with Gasteiger partial charge < -0.3 is 9.64 Å². The van der Waals surface area contributed by atoms with Gasteiger partial charge in [-0.3, -0.25) is 9.89 Å². The molecule has 2 aliphatic carbocycles. The summed E-state index contributed by atoms with van der Waals surface area (Å²) in [5.74, 6) is 3.18. The van der Waals surface area contributed by atoms with Crippen LogP contribution in [-0.2, 0) is 9.53 Å². The fraction of sp³-hybridized carbons (Fsp3) is 0.833.